The van der Waals surface area contributed by atoms with Crippen LogP contribution in [0.15, 0.2) is 58.0 Å². The van der Waals surface area contributed by atoms with E-state index in [1.165, 1.54) is 10.6 Å². The molecule has 1 saturated carbocycles. The molecule has 1 amide bonds. The van der Waals surface area contributed by atoms with E-state index in [0.717, 1.165) is 67.5 Å². The second-order valence-electron chi connectivity index (χ2n) is 10.7. The number of anilines is 2. The molecule has 0 bridgehead atoms. The fraction of sp³-hybridized carbons (Fsp3) is 0.433. The number of carbonyl (C=O) groups is 1. The van der Waals surface area contributed by atoms with Gasteiger partial charge in [-0.05, 0) is 50.3 Å². The molecule has 2 aromatic carbocycles. The molecule has 0 atom stereocenters. The van der Waals surface area contributed by atoms with E-state index in [4.69, 9.17) is 9.52 Å². The van der Waals surface area contributed by atoms with Crippen molar-refractivity contribution in [1.82, 2.24) is 10.1 Å². The summed E-state index contributed by atoms with van der Waals surface area (Å²) >= 11 is 0. The summed E-state index contributed by atoms with van der Waals surface area (Å²) in [6, 6.07) is 15.4. The molecule has 2 aliphatic rings. The first-order valence-electron chi connectivity index (χ1n) is 13.7. The van der Waals surface area contributed by atoms with Crippen molar-refractivity contribution in [3.05, 3.63) is 65.4 Å². The van der Waals surface area contributed by atoms with Gasteiger partial charge in [0.2, 0.25) is 10.0 Å². The third-order valence-corrected chi connectivity index (χ3v) is 8.88. The molecule has 0 unspecified atom stereocenters. The van der Waals surface area contributed by atoms with Gasteiger partial charge in [-0.2, -0.15) is 0 Å². The fourth-order valence-electron chi connectivity index (χ4n) is 5.63. The number of carbonyl (C=O) groups excluding carboxylic acids is 1. The van der Waals surface area contributed by atoms with E-state index in [1.807, 2.05) is 53.4 Å². The number of hydrogen-bond donors (Lipinski definition) is 0. The van der Waals surface area contributed by atoms with Crippen LogP contribution in [0.1, 0.15) is 68.8 Å². The van der Waals surface area contributed by atoms with Gasteiger partial charge in [0.15, 0.2) is 5.82 Å². The highest BCUT2D eigenvalue weighted by atomic mass is 32.2. The Hall–Kier alpha value is -3.46. The van der Waals surface area contributed by atoms with Gasteiger partial charge in [-0.25, -0.2) is 12.7 Å². The molecule has 9 heteroatoms. The van der Waals surface area contributed by atoms with E-state index in [2.05, 4.69) is 12.1 Å². The van der Waals surface area contributed by atoms with Gasteiger partial charge in [0.25, 0.3) is 5.91 Å². The van der Waals surface area contributed by atoms with E-state index in [1.54, 1.807) is 13.8 Å². The van der Waals surface area contributed by atoms with Crippen LogP contribution < -0.4 is 4.31 Å². The molecule has 8 nitrogen and oxygen atoms in total. The van der Waals surface area contributed by atoms with Crippen molar-refractivity contribution in [3.8, 4) is 11.1 Å². The van der Waals surface area contributed by atoms with Crippen LogP contribution in [0.3, 0.4) is 0 Å². The van der Waals surface area contributed by atoms with Crippen LogP contribution in [-0.4, -0.2) is 42.0 Å². The average Bonchev–Trinajstić information content (AvgIpc) is 3.59. The Bertz CT molecular complexity index is 1500. The smallest absolute Gasteiger partial charge is 0.256 e. The number of aliphatic imine (C=N–C) groups is 1. The predicted octanol–water partition coefficient (Wildman–Crippen LogP) is 6.30. The molecule has 3 aromatic rings. The first-order valence-corrected chi connectivity index (χ1v) is 15.5. The molecule has 0 saturated heterocycles. The first kappa shape index (κ1) is 27.1. The summed E-state index contributed by atoms with van der Waals surface area (Å²) in [5.74, 6) is 1.71. The number of benzene rings is 2. The van der Waals surface area contributed by atoms with Crippen LogP contribution in [0.4, 0.5) is 11.5 Å². The summed E-state index contributed by atoms with van der Waals surface area (Å²) in [7, 11) is -3.80. The largest absolute Gasteiger partial charge is 0.359 e. The summed E-state index contributed by atoms with van der Waals surface area (Å²) < 4.78 is 33.2. The van der Waals surface area contributed by atoms with E-state index in [-0.39, 0.29) is 11.7 Å². The molecule has 0 N–H and O–H groups in total. The molecule has 0 radical (unpaired) electrons. The van der Waals surface area contributed by atoms with Crippen molar-refractivity contribution in [2.75, 3.05) is 10.6 Å². The van der Waals surface area contributed by atoms with Crippen LogP contribution in [0.5, 0.6) is 0 Å². The molecule has 1 aromatic heterocycles. The summed E-state index contributed by atoms with van der Waals surface area (Å²) in [5.41, 5.74) is 2.93. The van der Waals surface area contributed by atoms with Gasteiger partial charge in [0.1, 0.15) is 17.1 Å². The zero-order chi connectivity index (χ0) is 27.8. The van der Waals surface area contributed by atoms with Gasteiger partial charge in [-0.3, -0.25) is 14.7 Å². The van der Waals surface area contributed by atoms with Crippen molar-refractivity contribution in [2.45, 2.75) is 77.8 Å². The Balaban J connectivity index is 1.61. The Morgan fingerprint density at radius 1 is 1.08 bits per heavy atom. The van der Waals surface area contributed by atoms with Crippen LogP contribution in [0.25, 0.3) is 11.1 Å². The van der Waals surface area contributed by atoms with Crippen LogP contribution in [0.2, 0.25) is 0 Å². The molecule has 206 valence electrons. The number of amidine groups is 1. The van der Waals surface area contributed by atoms with Crippen molar-refractivity contribution in [1.29, 1.82) is 0 Å². The minimum absolute atomic E-state index is 0.0720. The van der Waals surface area contributed by atoms with Gasteiger partial charge in [-0.15, -0.1) is 0 Å². The molecule has 1 aliphatic heterocycles. The Labute approximate surface area is 230 Å². The van der Waals surface area contributed by atoms with Gasteiger partial charge in [-0.1, -0.05) is 73.8 Å². The Morgan fingerprint density at radius 2 is 1.79 bits per heavy atom. The molecule has 1 spiro atoms. The number of amides is 1. The highest BCUT2D eigenvalue weighted by molar-refractivity contribution is 7.92. The summed E-state index contributed by atoms with van der Waals surface area (Å²) in [6.45, 7) is 6.02. The fourth-order valence-corrected chi connectivity index (χ4v) is 6.62. The maximum Gasteiger partial charge on any atom is 0.256 e. The van der Waals surface area contributed by atoms with Crippen LogP contribution in [-0.2, 0) is 21.4 Å². The Kier molecular flexibility index (Phi) is 7.37. The summed E-state index contributed by atoms with van der Waals surface area (Å²) in [6.07, 6.45) is 7.52. The van der Waals surface area contributed by atoms with Gasteiger partial charge >= 0.3 is 0 Å². The number of aryl methyl sites for hydroxylation is 1. The van der Waals surface area contributed by atoms with E-state index < -0.39 is 15.6 Å². The number of rotatable bonds is 9. The minimum Gasteiger partial charge on any atom is -0.359 e. The minimum atomic E-state index is -3.80. The monoisotopic (exact) mass is 548 g/mol. The number of unbranched alkanes of at least 4 members (excludes halogenated alkanes) is 1. The lowest BCUT2D eigenvalue weighted by Crippen LogP contribution is -2.40. The molecule has 1 fully saturated rings. The second-order valence-corrected chi connectivity index (χ2v) is 12.5. The second kappa shape index (κ2) is 10.6. The zero-order valence-corrected chi connectivity index (χ0v) is 23.9. The molecule has 39 heavy (non-hydrogen) atoms. The molecule has 2 heterocycles. The Morgan fingerprint density at radius 3 is 2.41 bits per heavy atom. The van der Waals surface area contributed by atoms with Gasteiger partial charge in [0.05, 0.1) is 18.5 Å². The van der Waals surface area contributed by atoms with Crippen LogP contribution >= 0.6 is 0 Å². The quantitative estimate of drug-likeness (QED) is 0.313. The highest BCUT2D eigenvalue weighted by Gasteiger charge is 2.49. The normalized spacial score (nSPS) is 16.8. The number of hydrogen-bond acceptors (Lipinski definition) is 6. The van der Waals surface area contributed by atoms with Gasteiger partial charge in [0, 0.05) is 17.5 Å². The topological polar surface area (TPSA) is 96.1 Å². The lowest BCUT2D eigenvalue weighted by atomic mass is 9.97. The first-order chi connectivity index (χ1) is 18.6. The standard InChI is InChI=1S/C30H36N4O4S/c1-5-6-14-27-31-30(17-10-11-18-30)29(35)33(27)20-23-15-16-25(24-12-8-7-9-13-24)26(19-23)34(39(4,36)37)28-21(2)22(3)38-32-28/h7-9,12-13,15-16,19H,5-6,10-11,14,17-18,20H2,1-4H3. The molecule has 5 rings (SSSR count). The molecular weight excluding hydrogens is 512 g/mol. The van der Waals surface area contributed by atoms with Crippen LogP contribution in [0, 0.1) is 13.8 Å². The summed E-state index contributed by atoms with van der Waals surface area (Å²) in [5, 5.41) is 4.12. The average molecular weight is 549 g/mol. The van der Waals surface area contributed by atoms with Crippen molar-refractivity contribution < 1.29 is 17.7 Å². The lowest BCUT2D eigenvalue weighted by Gasteiger charge is -2.26. The lowest BCUT2D eigenvalue weighted by molar-refractivity contribution is -0.131. The van der Waals surface area contributed by atoms with E-state index >= 15 is 0 Å². The van der Waals surface area contributed by atoms with Crippen molar-refractivity contribution in [2.24, 2.45) is 4.99 Å². The van der Waals surface area contributed by atoms with Crippen molar-refractivity contribution in [3.63, 3.8) is 0 Å². The molecular formula is C30H36N4O4S. The van der Waals surface area contributed by atoms with E-state index in [0.29, 0.717) is 23.6 Å². The van der Waals surface area contributed by atoms with Gasteiger partial charge < -0.3 is 4.52 Å². The number of sulfonamides is 1. The number of aromatic nitrogens is 1. The zero-order valence-electron chi connectivity index (χ0n) is 23.1. The third-order valence-electron chi connectivity index (χ3n) is 7.85. The summed E-state index contributed by atoms with van der Waals surface area (Å²) in [4.78, 5) is 20.6. The van der Waals surface area contributed by atoms with Crippen molar-refractivity contribution >= 4 is 33.3 Å². The predicted molar refractivity (Wildman–Crippen MR) is 154 cm³/mol. The molecule has 1 aliphatic carbocycles. The number of nitrogens with zero attached hydrogens (tertiary/aromatic N) is 4. The van der Waals surface area contributed by atoms with E-state index in [9.17, 15) is 13.2 Å². The third kappa shape index (κ3) is 5.12. The maximum atomic E-state index is 13.7. The maximum absolute atomic E-state index is 13.7. The highest BCUT2D eigenvalue weighted by Crippen LogP contribution is 2.42. The SMILES string of the molecule is CCCCC1=NC2(CCCC2)C(=O)N1Cc1ccc(-c2ccccc2)c(N(c2noc(C)c2C)S(C)(=O)=O)c1.